The molecule has 124 valence electrons. The Morgan fingerprint density at radius 2 is 2.17 bits per heavy atom. The first kappa shape index (κ1) is 17.8. The van der Waals surface area contributed by atoms with E-state index in [0.717, 1.165) is 11.3 Å². The zero-order chi connectivity index (χ0) is 17.1. The van der Waals surface area contributed by atoms with E-state index in [1.165, 1.54) is 0 Å². The van der Waals surface area contributed by atoms with Gasteiger partial charge in [-0.15, -0.1) is 0 Å². The van der Waals surface area contributed by atoms with Gasteiger partial charge in [0.15, 0.2) is 5.69 Å². The number of nitrogens with zero attached hydrogens (tertiary/aromatic N) is 2. The Balaban J connectivity index is 2.22. The zero-order valence-corrected chi connectivity index (χ0v) is 15.8. The lowest BCUT2D eigenvalue weighted by molar-refractivity contribution is 0.0777. The van der Waals surface area contributed by atoms with E-state index in [9.17, 15) is 4.79 Å². The number of carbonyl (C=O) groups excluding carboxylic acids is 1. The van der Waals surface area contributed by atoms with E-state index in [4.69, 9.17) is 16.3 Å². The van der Waals surface area contributed by atoms with Crippen LogP contribution in [0.3, 0.4) is 0 Å². The Hall–Kier alpha value is -1.53. The van der Waals surface area contributed by atoms with Crippen LogP contribution in [0.4, 0.5) is 0 Å². The molecule has 1 aromatic carbocycles. The number of carbonyl (C=O) groups is 1. The van der Waals surface area contributed by atoms with E-state index < -0.39 is 0 Å². The van der Waals surface area contributed by atoms with Gasteiger partial charge in [0, 0.05) is 24.2 Å². The van der Waals surface area contributed by atoms with Crippen molar-refractivity contribution in [1.82, 2.24) is 15.1 Å². The zero-order valence-electron chi connectivity index (χ0n) is 13.5. The predicted octanol–water partition coefficient (Wildman–Crippen LogP) is 4.23. The fourth-order valence-electron chi connectivity index (χ4n) is 2.24. The molecular formula is C16H19BrClN3O2. The minimum absolute atomic E-state index is 0.179. The quantitative estimate of drug-likeness (QED) is 0.817. The number of benzene rings is 1. The first-order valence-corrected chi connectivity index (χ1v) is 8.33. The van der Waals surface area contributed by atoms with Gasteiger partial charge in [-0.05, 0) is 40.0 Å². The molecule has 0 aliphatic rings. The molecule has 1 heterocycles. The molecule has 0 unspecified atom stereocenters. The van der Waals surface area contributed by atoms with Crippen LogP contribution in [-0.2, 0) is 6.54 Å². The minimum Gasteiger partial charge on any atom is -0.496 e. The van der Waals surface area contributed by atoms with Gasteiger partial charge in [0.25, 0.3) is 5.91 Å². The normalized spacial score (nSPS) is 10.9. The summed E-state index contributed by atoms with van der Waals surface area (Å²) in [7, 11) is 3.31. The first-order chi connectivity index (χ1) is 10.8. The molecule has 0 radical (unpaired) electrons. The van der Waals surface area contributed by atoms with Crippen LogP contribution in [0.15, 0.2) is 22.7 Å². The smallest absolute Gasteiger partial charge is 0.275 e. The molecule has 0 spiro atoms. The first-order valence-electron chi connectivity index (χ1n) is 7.16. The summed E-state index contributed by atoms with van der Waals surface area (Å²) in [6.07, 6.45) is 0. The number of ether oxygens (including phenoxy) is 1. The topological polar surface area (TPSA) is 58.2 Å². The summed E-state index contributed by atoms with van der Waals surface area (Å²) < 4.78 is 6.03. The number of hydrogen-bond acceptors (Lipinski definition) is 3. The van der Waals surface area contributed by atoms with E-state index in [2.05, 4.69) is 26.1 Å². The van der Waals surface area contributed by atoms with Crippen LogP contribution in [0, 0.1) is 0 Å². The Morgan fingerprint density at radius 1 is 1.48 bits per heavy atom. The van der Waals surface area contributed by atoms with Gasteiger partial charge in [-0.2, -0.15) is 5.10 Å². The largest absolute Gasteiger partial charge is 0.496 e. The summed E-state index contributed by atoms with van der Waals surface area (Å²) in [6, 6.07) is 5.34. The molecule has 7 heteroatoms. The van der Waals surface area contributed by atoms with Gasteiger partial charge in [-0.25, -0.2) is 0 Å². The van der Waals surface area contributed by atoms with Crippen LogP contribution in [-0.4, -0.2) is 35.2 Å². The van der Waals surface area contributed by atoms with Crippen LogP contribution < -0.4 is 4.74 Å². The van der Waals surface area contributed by atoms with Gasteiger partial charge >= 0.3 is 0 Å². The van der Waals surface area contributed by atoms with Crippen LogP contribution in [0.2, 0.25) is 5.02 Å². The maximum atomic E-state index is 12.6. The Labute approximate surface area is 149 Å². The van der Waals surface area contributed by atoms with Crippen molar-refractivity contribution in [1.29, 1.82) is 0 Å². The summed E-state index contributed by atoms with van der Waals surface area (Å²) >= 11 is 9.49. The maximum absolute atomic E-state index is 12.6. The number of hydrogen-bond donors (Lipinski definition) is 1. The molecular weight excluding hydrogens is 382 g/mol. The molecule has 0 fully saturated rings. The van der Waals surface area contributed by atoms with Crippen molar-refractivity contribution in [2.24, 2.45) is 0 Å². The third-order valence-corrected chi connectivity index (χ3v) is 4.55. The molecule has 2 rings (SSSR count). The average Bonchev–Trinajstić information content (AvgIpc) is 2.88. The highest BCUT2D eigenvalue weighted by Gasteiger charge is 2.22. The number of halogens is 2. The maximum Gasteiger partial charge on any atom is 0.275 e. The van der Waals surface area contributed by atoms with Crippen LogP contribution in [0.25, 0.3) is 0 Å². The second kappa shape index (κ2) is 7.36. The van der Waals surface area contributed by atoms with Gasteiger partial charge in [0.2, 0.25) is 0 Å². The minimum atomic E-state index is -0.179. The number of amides is 1. The lowest BCUT2D eigenvalue weighted by atomic mass is 10.1. The van der Waals surface area contributed by atoms with E-state index in [1.54, 1.807) is 37.3 Å². The molecule has 1 amide bonds. The van der Waals surface area contributed by atoms with Crippen molar-refractivity contribution in [3.05, 3.63) is 44.6 Å². The monoisotopic (exact) mass is 399 g/mol. The SMILES string of the molecule is COc1ccc(Cl)cc1CN(C)C(=O)c1n[nH]c(C(C)C)c1Br. The Kier molecular flexibility index (Phi) is 5.70. The molecule has 1 aromatic heterocycles. The third kappa shape index (κ3) is 3.87. The van der Waals surface area contributed by atoms with E-state index in [-0.39, 0.29) is 11.8 Å². The second-order valence-corrected chi connectivity index (χ2v) is 6.80. The number of methoxy groups -OCH3 is 1. The fraction of sp³-hybridized carbons (Fsp3) is 0.375. The predicted molar refractivity (Wildman–Crippen MR) is 94.2 cm³/mol. The highest BCUT2D eigenvalue weighted by atomic mass is 79.9. The van der Waals surface area contributed by atoms with E-state index >= 15 is 0 Å². The van der Waals surface area contributed by atoms with Crippen molar-refractivity contribution < 1.29 is 9.53 Å². The Morgan fingerprint density at radius 3 is 2.74 bits per heavy atom. The van der Waals surface area contributed by atoms with Crippen LogP contribution >= 0.6 is 27.5 Å². The van der Waals surface area contributed by atoms with Crippen molar-refractivity contribution in [2.45, 2.75) is 26.3 Å². The summed E-state index contributed by atoms with van der Waals surface area (Å²) in [5.41, 5.74) is 2.12. The molecule has 5 nitrogen and oxygen atoms in total. The number of nitrogens with one attached hydrogen (secondary N) is 1. The molecule has 2 aromatic rings. The van der Waals surface area contributed by atoms with Crippen molar-refractivity contribution in [3.8, 4) is 5.75 Å². The van der Waals surface area contributed by atoms with E-state index in [1.807, 2.05) is 13.8 Å². The number of H-pyrrole nitrogens is 1. The van der Waals surface area contributed by atoms with Crippen molar-refractivity contribution in [2.75, 3.05) is 14.2 Å². The average molecular weight is 401 g/mol. The Bertz CT molecular complexity index is 715. The molecule has 0 aliphatic carbocycles. The molecule has 0 atom stereocenters. The van der Waals surface area contributed by atoms with Gasteiger partial charge < -0.3 is 9.64 Å². The lowest BCUT2D eigenvalue weighted by Gasteiger charge is -2.18. The summed E-state index contributed by atoms with van der Waals surface area (Å²) in [4.78, 5) is 14.2. The van der Waals surface area contributed by atoms with Gasteiger partial charge in [-0.1, -0.05) is 25.4 Å². The number of aromatic amines is 1. The fourth-order valence-corrected chi connectivity index (χ4v) is 3.24. The molecule has 23 heavy (non-hydrogen) atoms. The van der Waals surface area contributed by atoms with Gasteiger partial charge in [0.05, 0.1) is 17.3 Å². The van der Waals surface area contributed by atoms with Crippen molar-refractivity contribution >= 4 is 33.4 Å². The summed E-state index contributed by atoms with van der Waals surface area (Å²) in [6.45, 7) is 4.44. The van der Waals surface area contributed by atoms with Gasteiger partial charge in [0.1, 0.15) is 5.75 Å². The molecule has 0 aliphatic heterocycles. The van der Waals surface area contributed by atoms with Crippen LogP contribution in [0.5, 0.6) is 5.75 Å². The standard InChI is InChI=1S/C16H19BrClN3O2/c1-9(2)14-13(17)15(20-19-14)16(22)21(3)8-10-7-11(18)5-6-12(10)23-4/h5-7,9H,8H2,1-4H3,(H,19,20). The summed E-state index contributed by atoms with van der Waals surface area (Å²) in [5.74, 6) is 0.761. The molecule has 0 saturated heterocycles. The van der Waals surface area contributed by atoms with Crippen molar-refractivity contribution in [3.63, 3.8) is 0 Å². The molecule has 0 saturated carbocycles. The highest BCUT2D eigenvalue weighted by Crippen LogP contribution is 2.28. The highest BCUT2D eigenvalue weighted by molar-refractivity contribution is 9.10. The van der Waals surface area contributed by atoms with Crippen LogP contribution in [0.1, 0.15) is 41.5 Å². The number of aromatic nitrogens is 2. The number of rotatable bonds is 5. The molecule has 0 bridgehead atoms. The third-order valence-electron chi connectivity index (χ3n) is 3.51. The van der Waals surface area contributed by atoms with E-state index in [0.29, 0.717) is 27.5 Å². The second-order valence-electron chi connectivity index (χ2n) is 5.57. The summed E-state index contributed by atoms with van der Waals surface area (Å²) in [5, 5.41) is 7.66. The van der Waals surface area contributed by atoms with Gasteiger partial charge in [-0.3, -0.25) is 9.89 Å². The lowest BCUT2D eigenvalue weighted by Crippen LogP contribution is -2.27. The molecule has 1 N–H and O–H groups in total.